The highest BCUT2D eigenvalue weighted by atomic mass is 32.2. The number of para-hydroxylation sites is 1. The molecule has 0 bridgehead atoms. The molecule has 0 saturated heterocycles. The maximum Gasteiger partial charge on any atom is 0.240 e. The Morgan fingerprint density at radius 2 is 1.78 bits per heavy atom. The molecule has 0 aliphatic carbocycles. The molecule has 0 aliphatic rings. The summed E-state index contributed by atoms with van der Waals surface area (Å²) < 4.78 is 45.2. The van der Waals surface area contributed by atoms with Crippen LogP contribution in [-0.4, -0.2) is 34.9 Å². The van der Waals surface area contributed by atoms with Gasteiger partial charge in [-0.15, -0.1) is 0 Å². The third-order valence-electron chi connectivity index (χ3n) is 2.36. The number of rotatable bonds is 6. The highest BCUT2D eigenvalue weighted by Crippen LogP contribution is 2.18. The highest BCUT2D eigenvalue weighted by molar-refractivity contribution is 7.91. The van der Waals surface area contributed by atoms with E-state index >= 15 is 0 Å². The molecule has 0 saturated carbocycles. The molecule has 0 heterocycles. The van der Waals surface area contributed by atoms with Gasteiger partial charge < -0.3 is 5.32 Å². The molecule has 18 heavy (non-hydrogen) atoms. The highest BCUT2D eigenvalue weighted by Gasteiger charge is 2.13. The minimum Gasteiger partial charge on any atom is -0.383 e. The van der Waals surface area contributed by atoms with Crippen molar-refractivity contribution >= 4 is 25.5 Å². The van der Waals surface area contributed by atoms with E-state index in [2.05, 4.69) is 5.32 Å². The van der Waals surface area contributed by atoms with Gasteiger partial charge in [0.25, 0.3) is 0 Å². The van der Waals surface area contributed by atoms with Crippen molar-refractivity contribution in [3.63, 3.8) is 0 Å². The fourth-order valence-corrected chi connectivity index (χ4v) is 2.76. The van der Waals surface area contributed by atoms with E-state index in [4.69, 9.17) is 5.14 Å². The summed E-state index contributed by atoms with van der Waals surface area (Å²) in [7, 11) is -6.90. The van der Waals surface area contributed by atoms with Crippen LogP contribution in [0.15, 0.2) is 29.2 Å². The Bertz CT molecular complexity index is 609. The Morgan fingerprint density at radius 3 is 2.33 bits per heavy atom. The monoisotopic (exact) mass is 292 g/mol. The first kappa shape index (κ1) is 14.9. The molecule has 0 aromatic heterocycles. The predicted molar refractivity (Wildman–Crippen MR) is 70.6 cm³/mol. The van der Waals surface area contributed by atoms with Gasteiger partial charge in [0.1, 0.15) is 4.90 Å². The zero-order valence-corrected chi connectivity index (χ0v) is 11.6. The smallest absolute Gasteiger partial charge is 0.240 e. The molecule has 1 aromatic carbocycles. The Morgan fingerprint density at radius 1 is 1.17 bits per heavy atom. The summed E-state index contributed by atoms with van der Waals surface area (Å²) in [6.45, 7) is 1.70. The topological polar surface area (TPSA) is 106 Å². The molecule has 1 aromatic rings. The van der Waals surface area contributed by atoms with Crippen molar-refractivity contribution in [3.8, 4) is 0 Å². The lowest BCUT2D eigenvalue weighted by Gasteiger charge is -2.10. The second-order valence-electron chi connectivity index (χ2n) is 3.70. The van der Waals surface area contributed by atoms with Crippen molar-refractivity contribution in [2.24, 2.45) is 5.14 Å². The number of hydrogen-bond donors (Lipinski definition) is 2. The molecule has 0 atom stereocenters. The van der Waals surface area contributed by atoms with Crippen LogP contribution >= 0.6 is 0 Å². The van der Waals surface area contributed by atoms with Crippen LogP contribution in [0.3, 0.4) is 0 Å². The summed E-state index contributed by atoms with van der Waals surface area (Å²) in [6.07, 6.45) is 0. The summed E-state index contributed by atoms with van der Waals surface area (Å²) in [6, 6.07) is 6.10. The van der Waals surface area contributed by atoms with Crippen LogP contribution < -0.4 is 10.5 Å². The van der Waals surface area contributed by atoms with Gasteiger partial charge in [-0.2, -0.15) is 0 Å². The zero-order chi connectivity index (χ0) is 13.8. The number of benzene rings is 1. The number of nitrogens with one attached hydrogen (secondary N) is 1. The molecule has 0 fully saturated rings. The summed E-state index contributed by atoms with van der Waals surface area (Å²) in [5.74, 6) is 0.00790. The van der Waals surface area contributed by atoms with Crippen molar-refractivity contribution in [1.82, 2.24) is 0 Å². The zero-order valence-electron chi connectivity index (χ0n) is 9.96. The Kier molecular flexibility index (Phi) is 4.71. The lowest BCUT2D eigenvalue weighted by Crippen LogP contribution is -2.19. The first-order valence-corrected chi connectivity index (χ1v) is 8.69. The van der Waals surface area contributed by atoms with E-state index in [0.29, 0.717) is 5.69 Å². The van der Waals surface area contributed by atoms with Gasteiger partial charge in [-0.3, -0.25) is 0 Å². The molecule has 3 N–H and O–H groups in total. The number of anilines is 1. The van der Waals surface area contributed by atoms with Gasteiger partial charge in [-0.25, -0.2) is 22.0 Å². The van der Waals surface area contributed by atoms with Crippen molar-refractivity contribution in [2.75, 3.05) is 23.4 Å². The van der Waals surface area contributed by atoms with Gasteiger partial charge in [0.05, 0.1) is 11.4 Å². The average molecular weight is 292 g/mol. The Labute approximate surface area is 107 Å². The fourth-order valence-electron chi connectivity index (χ4n) is 1.35. The molecule has 0 radical (unpaired) electrons. The summed E-state index contributed by atoms with van der Waals surface area (Å²) in [4.78, 5) is -0.0427. The largest absolute Gasteiger partial charge is 0.383 e. The molecule has 0 aliphatic heterocycles. The second kappa shape index (κ2) is 5.68. The number of hydrogen-bond acceptors (Lipinski definition) is 5. The lowest BCUT2D eigenvalue weighted by molar-refractivity contribution is 0.597. The van der Waals surface area contributed by atoms with Crippen LogP contribution in [0.5, 0.6) is 0 Å². The minimum absolute atomic E-state index is 0.0427. The summed E-state index contributed by atoms with van der Waals surface area (Å²) in [5, 5.41) is 7.83. The van der Waals surface area contributed by atoms with E-state index < -0.39 is 19.9 Å². The SMILES string of the molecule is CCS(=O)(=O)CCNc1ccccc1S(N)(=O)=O. The average Bonchev–Trinajstić information content (AvgIpc) is 2.28. The molecule has 102 valence electrons. The number of sulfonamides is 1. The fraction of sp³-hybridized carbons (Fsp3) is 0.400. The predicted octanol–water partition coefficient (Wildman–Crippen LogP) is 0.181. The Balaban J connectivity index is 2.81. The molecular weight excluding hydrogens is 276 g/mol. The quantitative estimate of drug-likeness (QED) is 0.778. The van der Waals surface area contributed by atoms with Crippen LogP contribution in [0.25, 0.3) is 0 Å². The van der Waals surface area contributed by atoms with Gasteiger partial charge >= 0.3 is 0 Å². The van der Waals surface area contributed by atoms with E-state index in [9.17, 15) is 16.8 Å². The maximum absolute atomic E-state index is 11.3. The Hall–Kier alpha value is -1.12. The molecular formula is C10H16N2O4S2. The second-order valence-corrected chi connectivity index (χ2v) is 7.71. The third-order valence-corrected chi connectivity index (χ3v) is 5.04. The van der Waals surface area contributed by atoms with Crippen molar-refractivity contribution < 1.29 is 16.8 Å². The molecule has 0 spiro atoms. The van der Waals surface area contributed by atoms with Crippen molar-refractivity contribution in [1.29, 1.82) is 0 Å². The molecule has 8 heteroatoms. The van der Waals surface area contributed by atoms with Gasteiger partial charge in [0, 0.05) is 12.3 Å². The van der Waals surface area contributed by atoms with Crippen LogP contribution in [0.4, 0.5) is 5.69 Å². The molecule has 6 nitrogen and oxygen atoms in total. The normalized spacial score (nSPS) is 12.3. The van der Waals surface area contributed by atoms with E-state index in [0.717, 1.165) is 0 Å². The van der Waals surface area contributed by atoms with E-state index in [1.165, 1.54) is 12.1 Å². The number of sulfone groups is 1. The third kappa shape index (κ3) is 4.28. The standard InChI is InChI=1S/C10H16N2O4S2/c1-2-17(13,14)8-7-12-9-5-3-4-6-10(9)18(11,15)16/h3-6,12H,2,7-8H2,1H3,(H2,11,15,16). The van der Waals surface area contributed by atoms with Crippen LogP contribution in [-0.2, 0) is 19.9 Å². The van der Waals surface area contributed by atoms with E-state index in [1.807, 2.05) is 0 Å². The van der Waals surface area contributed by atoms with Gasteiger partial charge in [-0.1, -0.05) is 19.1 Å². The van der Waals surface area contributed by atoms with Gasteiger partial charge in [0.15, 0.2) is 9.84 Å². The molecule has 0 unspecified atom stereocenters. The van der Waals surface area contributed by atoms with E-state index in [-0.39, 0.29) is 22.9 Å². The minimum atomic E-state index is -3.82. The first-order chi connectivity index (χ1) is 8.26. The molecule has 1 rings (SSSR count). The van der Waals surface area contributed by atoms with Crippen molar-refractivity contribution in [3.05, 3.63) is 24.3 Å². The lowest BCUT2D eigenvalue weighted by atomic mass is 10.3. The number of primary sulfonamides is 1. The molecule has 0 amide bonds. The van der Waals surface area contributed by atoms with Crippen molar-refractivity contribution in [2.45, 2.75) is 11.8 Å². The maximum atomic E-state index is 11.3. The van der Waals surface area contributed by atoms with Crippen LogP contribution in [0, 0.1) is 0 Å². The summed E-state index contributed by atoms with van der Waals surface area (Å²) in [5.41, 5.74) is 0.311. The first-order valence-electron chi connectivity index (χ1n) is 5.32. The summed E-state index contributed by atoms with van der Waals surface area (Å²) >= 11 is 0. The van der Waals surface area contributed by atoms with Crippen LogP contribution in [0.1, 0.15) is 6.92 Å². The van der Waals surface area contributed by atoms with Gasteiger partial charge in [-0.05, 0) is 12.1 Å². The van der Waals surface area contributed by atoms with E-state index in [1.54, 1.807) is 19.1 Å². The number of nitrogens with two attached hydrogens (primary N) is 1. The van der Waals surface area contributed by atoms with Crippen LogP contribution in [0.2, 0.25) is 0 Å². The van der Waals surface area contributed by atoms with Gasteiger partial charge in [0.2, 0.25) is 10.0 Å².